The van der Waals surface area contributed by atoms with Crippen LogP contribution in [0.25, 0.3) is 11.5 Å². The Hall–Kier alpha value is -3.35. The number of aryl methyl sites for hydroxylation is 1. The minimum atomic E-state index is -0.379. The summed E-state index contributed by atoms with van der Waals surface area (Å²) in [6, 6.07) is 14.7. The van der Waals surface area contributed by atoms with Crippen LogP contribution in [-0.2, 0) is 4.79 Å². The molecular formula is C19H19N3O4. The third-order valence-corrected chi connectivity index (χ3v) is 3.54. The van der Waals surface area contributed by atoms with Crippen LogP contribution in [0.3, 0.4) is 0 Å². The summed E-state index contributed by atoms with van der Waals surface area (Å²) in [7, 11) is 0. The van der Waals surface area contributed by atoms with E-state index in [0.29, 0.717) is 18.2 Å². The lowest BCUT2D eigenvalue weighted by atomic mass is 10.2. The summed E-state index contributed by atoms with van der Waals surface area (Å²) in [6.07, 6.45) is 0. The number of carbonyl (C=O) groups is 1. The summed E-state index contributed by atoms with van der Waals surface area (Å²) in [5.74, 6) is 1.35. The van der Waals surface area contributed by atoms with Crippen molar-refractivity contribution in [3.8, 4) is 23.0 Å². The number of nitrogens with one attached hydrogen (secondary N) is 1. The van der Waals surface area contributed by atoms with E-state index in [9.17, 15) is 4.79 Å². The zero-order valence-electron chi connectivity index (χ0n) is 14.6. The Balaban J connectivity index is 1.57. The van der Waals surface area contributed by atoms with Crippen LogP contribution in [0.15, 0.2) is 52.9 Å². The number of hydrogen-bond acceptors (Lipinski definition) is 6. The fourth-order valence-corrected chi connectivity index (χ4v) is 2.27. The molecule has 0 fully saturated rings. The van der Waals surface area contributed by atoms with Crippen molar-refractivity contribution in [3.63, 3.8) is 0 Å². The van der Waals surface area contributed by atoms with Gasteiger partial charge in [-0.15, -0.1) is 5.10 Å². The minimum absolute atomic E-state index is 0.0206. The van der Waals surface area contributed by atoms with Gasteiger partial charge in [0.05, 0.1) is 6.61 Å². The topological polar surface area (TPSA) is 86.5 Å². The first-order valence-corrected chi connectivity index (χ1v) is 8.20. The quantitative estimate of drug-likeness (QED) is 0.700. The van der Waals surface area contributed by atoms with Crippen LogP contribution < -0.4 is 14.8 Å². The molecule has 0 saturated heterocycles. The predicted octanol–water partition coefficient (Wildman–Crippen LogP) is 3.46. The van der Waals surface area contributed by atoms with Gasteiger partial charge in [-0.05, 0) is 49.7 Å². The molecule has 1 amide bonds. The number of aromatic nitrogens is 2. The number of hydrogen-bond donors (Lipinski definition) is 1. The van der Waals surface area contributed by atoms with Crippen LogP contribution in [0.2, 0.25) is 0 Å². The molecular weight excluding hydrogens is 334 g/mol. The molecule has 0 atom stereocenters. The normalized spacial score (nSPS) is 10.4. The highest BCUT2D eigenvalue weighted by atomic mass is 16.5. The lowest BCUT2D eigenvalue weighted by molar-refractivity contribution is -0.118. The van der Waals surface area contributed by atoms with E-state index in [1.807, 2.05) is 56.3 Å². The molecule has 0 aliphatic rings. The third-order valence-electron chi connectivity index (χ3n) is 3.54. The zero-order chi connectivity index (χ0) is 18.4. The van der Waals surface area contributed by atoms with Gasteiger partial charge in [0.2, 0.25) is 5.89 Å². The summed E-state index contributed by atoms with van der Waals surface area (Å²) in [6.45, 7) is 4.28. The van der Waals surface area contributed by atoms with E-state index in [1.165, 1.54) is 0 Å². The van der Waals surface area contributed by atoms with E-state index in [-0.39, 0.29) is 18.5 Å². The summed E-state index contributed by atoms with van der Waals surface area (Å²) in [5, 5.41) is 10.3. The van der Waals surface area contributed by atoms with Gasteiger partial charge in [0.25, 0.3) is 5.91 Å². The average molecular weight is 353 g/mol. The van der Waals surface area contributed by atoms with Crippen molar-refractivity contribution >= 4 is 11.9 Å². The van der Waals surface area contributed by atoms with Crippen LogP contribution in [-0.4, -0.2) is 29.3 Å². The van der Waals surface area contributed by atoms with Gasteiger partial charge in [-0.1, -0.05) is 23.3 Å². The van der Waals surface area contributed by atoms with Crippen molar-refractivity contribution in [1.29, 1.82) is 0 Å². The maximum atomic E-state index is 12.0. The van der Waals surface area contributed by atoms with Crippen LogP contribution in [0.5, 0.6) is 11.5 Å². The Morgan fingerprint density at radius 2 is 1.85 bits per heavy atom. The molecule has 26 heavy (non-hydrogen) atoms. The maximum absolute atomic E-state index is 12.0. The van der Waals surface area contributed by atoms with Gasteiger partial charge in [0, 0.05) is 5.56 Å². The van der Waals surface area contributed by atoms with Crippen LogP contribution >= 0.6 is 0 Å². The van der Waals surface area contributed by atoms with E-state index in [0.717, 1.165) is 16.9 Å². The molecule has 0 radical (unpaired) electrons. The molecule has 0 aliphatic carbocycles. The van der Waals surface area contributed by atoms with Crippen molar-refractivity contribution in [2.24, 2.45) is 0 Å². The monoisotopic (exact) mass is 353 g/mol. The Kier molecular flexibility index (Phi) is 5.48. The summed E-state index contributed by atoms with van der Waals surface area (Å²) >= 11 is 0. The van der Waals surface area contributed by atoms with Gasteiger partial charge >= 0.3 is 6.01 Å². The van der Waals surface area contributed by atoms with Gasteiger partial charge in [0.1, 0.15) is 11.5 Å². The molecule has 134 valence electrons. The summed E-state index contributed by atoms with van der Waals surface area (Å²) in [4.78, 5) is 12.0. The first kappa shape index (κ1) is 17.5. The van der Waals surface area contributed by atoms with E-state index >= 15 is 0 Å². The molecule has 0 bridgehead atoms. The SMILES string of the molecule is CCOc1ccc(-c2nnc(NC(=O)COc3ccccc3C)o2)cc1. The second-order valence-electron chi connectivity index (χ2n) is 5.47. The second-order valence-corrected chi connectivity index (χ2v) is 5.47. The molecule has 0 aliphatic heterocycles. The largest absolute Gasteiger partial charge is 0.494 e. The molecule has 3 rings (SSSR count). The lowest BCUT2D eigenvalue weighted by Gasteiger charge is -2.07. The van der Waals surface area contributed by atoms with Gasteiger partial charge in [-0.25, -0.2) is 0 Å². The smallest absolute Gasteiger partial charge is 0.322 e. The van der Waals surface area contributed by atoms with E-state index in [1.54, 1.807) is 6.07 Å². The molecule has 2 aromatic carbocycles. The molecule has 7 nitrogen and oxygen atoms in total. The van der Waals surface area contributed by atoms with E-state index in [4.69, 9.17) is 13.9 Å². The standard InChI is InChI=1S/C19H19N3O4/c1-3-24-15-10-8-14(9-11-15)18-21-22-19(26-18)20-17(23)12-25-16-7-5-4-6-13(16)2/h4-11H,3,12H2,1-2H3,(H,20,22,23). The molecule has 0 unspecified atom stereocenters. The van der Waals surface area contributed by atoms with Gasteiger partial charge in [0.15, 0.2) is 6.61 Å². The van der Waals surface area contributed by atoms with E-state index in [2.05, 4.69) is 15.5 Å². The molecule has 0 saturated carbocycles. The number of rotatable bonds is 7. The Bertz CT molecular complexity index is 875. The molecule has 1 heterocycles. The average Bonchev–Trinajstić information content (AvgIpc) is 3.10. The third kappa shape index (κ3) is 4.38. The molecule has 0 spiro atoms. The van der Waals surface area contributed by atoms with Crippen molar-refractivity contribution in [3.05, 3.63) is 54.1 Å². The van der Waals surface area contributed by atoms with E-state index < -0.39 is 0 Å². The zero-order valence-corrected chi connectivity index (χ0v) is 14.6. The Morgan fingerprint density at radius 3 is 2.58 bits per heavy atom. The number of para-hydroxylation sites is 1. The minimum Gasteiger partial charge on any atom is -0.494 e. The first-order chi connectivity index (χ1) is 12.7. The van der Waals surface area contributed by atoms with Crippen molar-refractivity contribution in [2.45, 2.75) is 13.8 Å². The molecule has 7 heteroatoms. The summed E-state index contributed by atoms with van der Waals surface area (Å²) in [5.41, 5.74) is 1.69. The van der Waals surface area contributed by atoms with Gasteiger partial charge < -0.3 is 13.9 Å². The highest BCUT2D eigenvalue weighted by Gasteiger charge is 2.12. The second kappa shape index (κ2) is 8.15. The fraction of sp³-hybridized carbons (Fsp3) is 0.211. The van der Waals surface area contributed by atoms with Crippen LogP contribution in [0.4, 0.5) is 6.01 Å². The fourth-order valence-electron chi connectivity index (χ4n) is 2.27. The van der Waals surface area contributed by atoms with Crippen LogP contribution in [0.1, 0.15) is 12.5 Å². The van der Waals surface area contributed by atoms with Gasteiger partial charge in [-0.2, -0.15) is 0 Å². The number of ether oxygens (including phenoxy) is 2. The number of amides is 1. The molecule has 1 aromatic heterocycles. The molecule has 3 aromatic rings. The highest BCUT2D eigenvalue weighted by Crippen LogP contribution is 2.22. The summed E-state index contributed by atoms with van der Waals surface area (Å²) < 4.78 is 16.3. The lowest BCUT2D eigenvalue weighted by Crippen LogP contribution is -2.20. The number of carbonyl (C=O) groups excluding carboxylic acids is 1. The Labute approximate surface area is 151 Å². The Morgan fingerprint density at radius 1 is 1.08 bits per heavy atom. The maximum Gasteiger partial charge on any atom is 0.322 e. The van der Waals surface area contributed by atoms with Crippen molar-refractivity contribution in [2.75, 3.05) is 18.5 Å². The number of nitrogens with zero attached hydrogens (tertiary/aromatic N) is 2. The first-order valence-electron chi connectivity index (χ1n) is 8.20. The van der Waals surface area contributed by atoms with Crippen molar-refractivity contribution < 1.29 is 18.7 Å². The van der Waals surface area contributed by atoms with Crippen molar-refractivity contribution in [1.82, 2.24) is 10.2 Å². The predicted molar refractivity (Wildman–Crippen MR) is 96.2 cm³/mol. The number of benzene rings is 2. The van der Waals surface area contributed by atoms with Gasteiger partial charge in [-0.3, -0.25) is 10.1 Å². The number of anilines is 1. The molecule has 1 N–H and O–H groups in total. The van der Waals surface area contributed by atoms with Crippen LogP contribution in [0, 0.1) is 6.92 Å². The highest BCUT2D eigenvalue weighted by molar-refractivity contribution is 5.89.